The van der Waals surface area contributed by atoms with Crippen molar-refractivity contribution in [3.8, 4) is 5.75 Å². The van der Waals surface area contributed by atoms with Gasteiger partial charge in [0, 0.05) is 11.1 Å². The summed E-state index contributed by atoms with van der Waals surface area (Å²) in [5.74, 6) is -0.0573. The number of aromatic hydroxyl groups is 1. The molecule has 0 fully saturated rings. The first-order valence-electron chi connectivity index (χ1n) is 5.94. The number of carbonyl (C=O) groups excluding carboxylic acids is 1. The molecule has 3 nitrogen and oxygen atoms in total. The van der Waals surface area contributed by atoms with Crippen molar-refractivity contribution in [3.63, 3.8) is 0 Å². The quantitative estimate of drug-likeness (QED) is 0.842. The number of phenolic OH excluding ortho intramolecular Hbond substituents is 1. The van der Waals surface area contributed by atoms with Crippen molar-refractivity contribution in [1.82, 2.24) is 0 Å². The second-order valence-corrected chi connectivity index (χ2v) is 4.23. The van der Waals surface area contributed by atoms with Crippen LogP contribution in [0.25, 0.3) is 6.08 Å². The normalized spacial score (nSPS) is 15.6. The van der Waals surface area contributed by atoms with E-state index in [1.165, 1.54) is 0 Å². The van der Waals surface area contributed by atoms with Crippen molar-refractivity contribution in [2.45, 2.75) is 0 Å². The zero-order valence-electron chi connectivity index (χ0n) is 10.1. The Balaban J connectivity index is 2.06. The minimum Gasteiger partial charge on any atom is -0.507 e. The number of carbonyl (C=O) groups is 1. The van der Waals surface area contributed by atoms with Crippen molar-refractivity contribution >= 4 is 23.3 Å². The molecule has 0 aromatic heterocycles. The molecule has 92 valence electrons. The fourth-order valence-electron chi connectivity index (χ4n) is 2.03. The van der Waals surface area contributed by atoms with E-state index in [0.29, 0.717) is 16.8 Å². The molecular weight excluding hydrogens is 238 g/mol. The van der Waals surface area contributed by atoms with Crippen molar-refractivity contribution < 1.29 is 9.90 Å². The third-order valence-corrected chi connectivity index (χ3v) is 2.97. The summed E-state index contributed by atoms with van der Waals surface area (Å²) in [6.45, 7) is 0. The highest BCUT2D eigenvalue weighted by atomic mass is 16.3. The van der Waals surface area contributed by atoms with Crippen molar-refractivity contribution in [2.75, 3.05) is 0 Å². The fourth-order valence-corrected chi connectivity index (χ4v) is 2.03. The van der Waals surface area contributed by atoms with Crippen LogP contribution in [-0.4, -0.2) is 16.6 Å². The van der Waals surface area contributed by atoms with Gasteiger partial charge in [-0.2, -0.15) is 0 Å². The lowest BCUT2D eigenvalue weighted by molar-refractivity contribution is 0.106. The largest absolute Gasteiger partial charge is 0.507 e. The topological polar surface area (TPSA) is 49.7 Å². The number of nitrogens with zero attached hydrogens (tertiary/aromatic N) is 1. The zero-order chi connectivity index (χ0) is 13.2. The minimum atomic E-state index is -0.169. The molecule has 0 atom stereocenters. The van der Waals surface area contributed by atoms with Crippen LogP contribution in [0, 0.1) is 0 Å². The van der Waals surface area contributed by atoms with Crippen LogP contribution in [0.2, 0.25) is 0 Å². The highest BCUT2D eigenvalue weighted by Gasteiger charge is 2.20. The molecule has 0 unspecified atom stereocenters. The average Bonchev–Trinajstić information content (AvgIpc) is 2.44. The van der Waals surface area contributed by atoms with E-state index in [2.05, 4.69) is 4.99 Å². The molecule has 0 spiro atoms. The number of hydrogen-bond donors (Lipinski definition) is 1. The molecule has 0 heterocycles. The number of phenols is 1. The van der Waals surface area contributed by atoms with Gasteiger partial charge in [-0.25, -0.2) is 4.99 Å². The van der Waals surface area contributed by atoms with Crippen LogP contribution in [0.4, 0.5) is 5.69 Å². The molecule has 0 bridgehead atoms. The van der Waals surface area contributed by atoms with E-state index in [0.717, 1.165) is 5.69 Å². The lowest BCUT2D eigenvalue weighted by atomic mass is 9.94. The van der Waals surface area contributed by atoms with Crippen LogP contribution < -0.4 is 0 Å². The summed E-state index contributed by atoms with van der Waals surface area (Å²) < 4.78 is 0. The second kappa shape index (κ2) is 4.53. The Hall–Kier alpha value is -2.68. The number of ketones is 1. The van der Waals surface area contributed by atoms with Gasteiger partial charge in [-0.05, 0) is 30.4 Å². The van der Waals surface area contributed by atoms with Gasteiger partial charge in [0.25, 0.3) is 0 Å². The van der Waals surface area contributed by atoms with Crippen molar-refractivity contribution in [2.24, 2.45) is 4.99 Å². The maximum Gasteiger partial charge on any atom is 0.212 e. The molecule has 0 saturated heterocycles. The molecule has 0 radical (unpaired) electrons. The summed E-state index contributed by atoms with van der Waals surface area (Å²) in [5, 5.41) is 9.71. The Kier molecular flexibility index (Phi) is 2.72. The maximum atomic E-state index is 12.3. The summed E-state index contributed by atoms with van der Waals surface area (Å²) >= 11 is 0. The number of rotatable bonds is 1. The predicted octanol–water partition coefficient (Wildman–Crippen LogP) is 3.37. The van der Waals surface area contributed by atoms with Crippen LogP contribution in [0.1, 0.15) is 15.9 Å². The average molecular weight is 249 g/mol. The Morgan fingerprint density at radius 2 is 1.68 bits per heavy atom. The first kappa shape index (κ1) is 11.4. The number of fused-ring (bicyclic) bond motifs is 1. The maximum absolute atomic E-state index is 12.3. The molecule has 2 aromatic carbocycles. The van der Waals surface area contributed by atoms with Gasteiger partial charge in [0.2, 0.25) is 5.78 Å². The van der Waals surface area contributed by atoms with E-state index in [1.807, 2.05) is 30.3 Å². The van der Waals surface area contributed by atoms with Crippen LogP contribution in [-0.2, 0) is 0 Å². The number of aliphatic imine (C=N–C) groups is 1. The summed E-state index contributed by atoms with van der Waals surface area (Å²) in [4.78, 5) is 16.6. The fraction of sp³-hybridized carbons (Fsp3) is 0. The summed E-state index contributed by atoms with van der Waals surface area (Å²) in [6.07, 6.45) is 3.35. The molecule has 1 aliphatic carbocycles. The summed E-state index contributed by atoms with van der Waals surface area (Å²) in [7, 11) is 0. The van der Waals surface area contributed by atoms with Crippen LogP contribution in [0.5, 0.6) is 5.75 Å². The predicted molar refractivity (Wildman–Crippen MR) is 75.0 cm³/mol. The van der Waals surface area contributed by atoms with Gasteiger partial charge in [-0.15, -0.1) is 0 Å². The molecule has 0 aliphatic heterocycles. The van der Waals surface area contributed by atoms with E-state index >= 15 is 0 Å². The van der Waals surface area contributed by atoms with Gasteiger partial charge < -0.3 is 5.11 Å². The van der Waals surface area contributed by atoms with Gasteiger partial charge in [0.15, 0.2) is 0 Å². The molecular formula is C16H11NO2. The Morgan fingerprint density at radius 1 is 0.895 bits per heavy atom. The number of para-hydroxylation sites is 1. The number of allylic oxidation sites excluding steroid dienone is 1. The van der Waals surface area contributed by atoms with Crippen LogP contribution in [0.3, 0.4) is 0 Å². The number of Topliss-reactive ketones (excluding diaryl/α,β-unsaturated/α-hetero) is 1. The van der Waals surface area contributed by atoms with E-state index in [1.54, 1.807) is 30.4 Å². The van der Waals surface area contributed by atoms with Gasteiger partial charge >= 0.3 is 0 Å². The molecule has 1 aliphatic rings. The van der Waals surface area contributed by atoms with E-state index in [4.69, 9.17) is 0 Å². The first-order chi connectivity index (χ1) is 9.25. The molecule has 19 heavy (non-hydrogen) atoms. The Labute approximate surface area is 110 Å². The van der Waals surface area contributed by atoms with Crippen LogP contribution in [0.15, 0.2) is 59.6 Å². The molecule has 0 amide bonds. The van der Waals surface area contributed by atoms with E-state index < -0.39 is 0 Å². The standard InChI is InChI=1S/C16H11NO2/c18-15-8-4-7-13-12(15)9-10-14(16(13)19)17-11-5-2-1-3-6-11/h1-10,18H. The van der Waals surface area contributed by atoms with Gasteiger partial charge in [0.1, 0.15) is 11.5 Å². The summed E-state index contributed by atoms with van der Waals surface area (Å²) in [6, 6.07) is 14.2. The number of benzene rings is 2. The summed E-state index contributed by atoms with van der Waals surface area (Å²) in [5.41, 5.74) is 2.15. The van der Waals surface area contributed by atoms with Gasteiger partial charge in [0.05, 0.1) is 5.69 Å². The molecule has 2 aromatic rings. The van der Waals surface area contributed by atoms with Crippen molar-refractivity contribution in [1.29, 1.82) is 0 Å². The van der Waals surface area contributed by atoms with E-state index in [9.17, 15) is 9.90 Å². The third kappa shape index (κ3) is 2.06. The lowest BCUT2D eigenvalue weighted by Gasteiger charge is -2.12. The highest BCUT2D eigenvalue weighted by Crippen LogP contribution is 2.27. The second-order valence-electron chi connectivity index (χ2n) is 4.23. The Bertz CT molecular complexity index is 700. The number of hydrogen-bond acceptors (Lipinski definition) is 3. The highest BCUT2D eigenvalue weighted by molar-refractivity contribution is 6.52. The van der Waals surface area contributed by atoms with Crippen LogP contribution >= 0.6 is 0 Å². The third-order valence-electron chi connectivity index (χ3n) is 2.97. The molecule has 3 heteroatoms. The lowest BCUT2D eigenvalue weighted by Crippen LogP contribution is -2.16. The van der Waals surface area contributed by atoms with Gasteiger partial charge in [-0.1, -0.05) is 30.3 Å². The molecule has 0 saturated carbocycles. The first-order valence-corrected chi connectivity index (χ1v) is 5.94. The van der Waals surface area contributed by atoms with E-state index in [-0.39, 0.29) is 11.5 Å². The molecule has 3 rings (SSSR count). The Morgan fingerprint density at radius 3 is 2.47 bits per heavy atom. The minimum absolute atomic E-state index is 0.112. The monoisotopic (exact) mass is 249 g/mol. The smallest absolute Gasteiger partial charge is 0.212 e. The van der Waals surface area contributed by atoms with Crippen molar-refractivity contribution in [3.05, 3.63) is 65.7 Å². The SMILES string of the molecule is O=C1C(=Nc2ccccc2)C=Cc2c(O)cccc21. The zero-order valence-corrected chi connectivity index (χ0v) is 10.1. The van der Waals surface area contributed by atoms with Gasteiger partial charge in [-0.3, -0.25) is 4.79 Å². The molecule has 1 N–H and O–H groups in total.